The number of carboxylic acids is 1. The van der Waals surface area contributed by atoms with E-state index >= 15 is 0 Å². The second kappa shape index (κ2) is 5.82. The fraction of sp³-hybridized carbons (Fsp3) is 0.300. The van der Waals surface area contributed by atoms with Crippen LogP contribution in [0.15, 0.2) is 24.5 Å². The molecule has 6 heteroatoms. The minimum Gasteiger partial charge on any atom is -0.481 e. The number of carbonyl (C=O) groups is 2. The molecule has 0 saturated carbocycles. The highest BCUT2D eigenvalue weighted by atomic mass is 16.4. The van der Waals surface area contributed by atoms with Crippen molar-refractivity contribution in [3.63, 3.8) is 0 Å². The van der Waals surface area contributed by atoms with Crippen molar-refractivity contribution >= 4 is 11.9 Å². The standard InChI is InChI=1S/C10H13N3O3/c11-5-9(14)13-8(4-10(15)16)7-2-1-3-12-6-7/h1-3,6,8H,4-5,11H2,(H,13,14)(H,15,16). The molecular formula is C10H13N3O3. The molecule has 86 valence electrons. The zero-order valence-electron chi connectivity index (χ0n) is 8.59. The predicted octanol–water partition coefficient (Wildman–Crippen LogP) is -0.328. The maximum Gasteiger partial charge on any atom is 0.305 e. The normalized spacial score (nSPS) is 11.8. The van der Waals surface area contributed by atoms with Gasteiger partial charge in [-0.1, -0.05) is 6.07 Å². The molecule has 0 radical (unpaired) electrons. The monoisotopic (exact) mass is 223 g/mol. The van der Waals surface area contributed by atoms with E-state index in [1.54, 1.807) is 18.3 Å². The maximum absolute atomic E-state index is 11.1. The van der Waals surface area contributed by atoms with E-state index < -0.39 is 17.9 Å². The third-order valence-corrected chi connectivity index (χ3v) is 1.99. The van der Waals surface area contributed by atoms with Crippen molar-refractivity contribution in [1.29, 1.82) is 0 Å². The number of carbonyl (C=O) groups excluding carboxylic acids is 1. The average molecular weight is 223 g/mol. The Morgan fingerprint density at radius 2 is 2.31 bits per heavy atom. The number of hydrogen-bond acceptors (Lipinski definition) is 4. The Kier molecular flexibility index (Phi) is 4.41. The summed E-state index contributed by atoms with van der Waals surface area (Å²) in [5.41, 5.74) is 5.80. The molecule has 0 spiro atoms. The Morgan fingerprint density at radius 1 is 1.56 bits per heavy atom. The van der Waals surface area contributed by atoms with E-state index in [1.165, 1.54) is 6.20 Å². The lowest BCUT2D eigenvalue weighted by molar-refractivity contribution is -0.137. The third kappa shape index (κ3) is 3.66. The molecule has 0 fully saturated rings. The summed E-state index contributed by atoms with van der Waals surface area (Å²) < 4.78 is 0. The number of aliphatic carboxylic acids is 1. The largest absolute Gasteiger partial charge is 0.481 e. The molecule has 0 aliphatic carbocycles. The van der Waals surface area contributed by atoms with Gasteiger partial charge >= 0.3 is 5.97 Å². The van der Waals surface area contributed by atoms with Gasteiger partial charge in [0.05, 0.1) is 19.0 Å². The van der Waals surface area contributed by atoms with Crippen molar-refractivity contribution in [3.05, 3.63) is 30.1 Å². The molecule has 0 aliphatic rings. The topological polar surface area (TPSA) is 105 Å². The lowest BCUT2D eigenvalue weighted by Gasteiger charge is -2.16. The smallest absolute Gasteiger partial charge is 0.305 e. The lowest BCUT2D eigenvalue weighted by atomic mass is 10.1. The number of nitrogens with zero attached hydrogens (tertiary/aromatic N) is 1. The SMILES string of the molecule is NCC(=O)NC(CC(=O)O)c1cccnc1. The van der Waals surface area contributed by atoms with Crippen molar-refractivity contribution in [3.8, 4) is 0 Å². The van der Waals surface area contributed by atoms with Crippen molar-refractivity contribution in [2.45, 2.75) is 12.5 Å². The van der Waals surface area contributed by atoms with E-state index in [0.29, 0.717) is 5.56 Å². The zero-order chi connectivity index (χ0) is 12.0. The van der Waals surface area contributed by atoms with Gasteiger partial charge in [0.25, 0.3) is 0 Å². The van der Waals surface area contributed by atoms with Crippen molar-refractivity contribution in [2.75, 3.05) is 6.54 Å². The highest BCUT2D eigenvalue weighted by Crippen LogP contribution is 2.15. The van der Waals surface area contributed by atoms with Gasteiger partial charge in [0.2, 0.25) is 5.91 Å². The van der Waals surface area contributed by atoms with Gasteiger partial charge in [0.1, 0.15) is 0 Å². The van der Waals surface area contributed by atoms with E-state index in [-0.39, 0.29) is 13.0 Å². The van der Waals surface area contributed by atoms with Crippen LogP contribution >= 0.6 is 0 Å². The number of hydrogen-bond donors (Lipinski definition) is 3. The van der Waals surface area contributed by atoms with E-state index in [0.717, 1.165) is 0 Å². The zero-order valence-corrected chi connectivity index (χ0v) is 8.59. The number of carboxylic acid groups (broad SMARTS) is 1. The molecule has 1 rings (SSSR count). The lowest BCUT2D eigenvalue weighted by Crippen LogP contribution is -2.34. The van der Waals surface area contributed by atoms with Crippen LogP contribution in [0.25, 0.3) is 0 Å². The van der Waals surface area contributed by atoms with Crippen molar-refractivity contribution < 1.29 is 14.7 Å². The van der Waals surface area contributed by atoms with Crippen LogP contribution in [0.4, 0.5) is 0 Å². The van der Waals surface area contributed by atoms with Gasteiger partial charge < -0.3 is 16.2 Å². The van der Waals surface area contributed by atoms with E-state index in [4.69, 9.17) is 10.8 Å². The van der Waals surface area contributed by atoms with Crippen LogP contribution in [0, 0.1) is 0 Å². The van der Waals surface area contributed by atoms with Crippen LogP contribution in [-0.2, 0) is 9.59 Å². The quantitative estimate of drug-likeness (QED) is 0.634. The predicted molar refractivity (Wildman–Crippen MR) is 56.4 cm³/mol. The Morgan fingerprint density at radius 3 is 2.81 bits per heavy atom. The second-order valence-electron chi connectivity index (χ2n) is 3.21. The van der Waals surface area contributed by atoms with E-state index in [9.17, 15) is 9.59 Å². The van der Waals surface area contributed by atoms with E-state index in [2.05, 4.69) is 10.3 Å². The van der Waals surface area contributed by atoms with Crippen LogP contribution in [0.3, 0.4) is 0 Å². The molecule has 0 aliphatic heterocycles. The van der Waals surface area contributed by atoms with Crippen LogP contribution in [0.5, 0.6) is 0 Å². The number of pyridine rings is 1. The number of nitrogens with one attached hydrogen (secondary N) is 1. The highest BCUT2D eigenvalue weighted by molar-refractivity contribution is 5.79. The molecule has 0 saturated heterocycles. The molecule has 1 aromatic rings. The van der Waals surface area contributed by atoms with Crippen LogP contribution in [0.1, 0.15) is 18.0 Å². The fourth-order valence-electron chi connectivity index (χ4n) is 1.26. The molecule has 0 aromatic carbocycles. The number of aromatic nitrogens is 1. The first kappa shape index (κ1) is 12.1. The summed E-state index contributed by atoms with van der Waals surface area (Å²) in [6, 6.07) is 2.79. The molecule has 0 bridgehead atoms. The molecule has 1 amide bonds. The highest BCUT2D eigenvalue weighted by Gasteiger charge is 2.17. The summed E-state index contributed by atoms with van der Waals surface area (Å²) >= 11 is 0. The van der Waals surface area contributed by atoms with Crippen LogP contribution in [-0.4, -0.2) is 28.5 Å². The minimum atomic E-state index is -0.994. The Hall–Kier alpha value is -1.95. The molecule has 4 N–H and O–H groups in total. The molecule has 1 unspecified atom stereocenters. The number of rotatable bonds is 5. The summed E-state index contributed by atoms with van der Waals surface area (Å²) in [5, 5.41) is 11.3. The van der Waals surface area contributed by atoms with Crippen LogP contribution < -0.4 is 11.1 Å². The van der Waals surface area contributed by atoms with Crippen molar-refractivity contribution in [2.24, 2.45) is 5.73 Å². The number of nitrogens with two attached hydrogens (primary N) is 1. The molecule has 1 atom stereocenters. The summed E-state index contributed by atoms with van der Waals surface area (Å²) in [4.78, 5) is 25.6. The summed E-state index contributed by atoms with van der Waals surface area (Å²) in [7, 11) is 0. The molecule has 6 nitrogen and oxygen atoms in total. The average Bonchev–Trinajstić information content (AvgIpc) is 2.28. The first-order valence-corrected chi connectivity index (χ1v) is 4.74. The molecule has 1 heterocycles. The number of amides is 1. The first-order chi connectivity index (χ1) is 7.63. The van der Waals surface area contributed by atoms with Gasteiger partial charge in [-0.15, -0.1) is 0 Å². The fourth-order valence-corrected chi connectivity index (χ4v) is 1.26. The summed E-state index contributed by atoms with van der Waals surface area (Å²) in [6.07, 6.45) is 2.90. The van der Waals surface area contributed by atoms with Gasteiger partial charge in [-0.25, -0.2) is 0 Å². The van der Waals surface area contributed by atoms with E-state index in [1.807, 2.05) is 0 Å². The van der Waals surface area contributed by atoms with Crippen LogP contribution in [0.2, 0.25) is 0 Å². The van der Waals surface area contributed by atoms with Crippen molar-refractivity contribution in [1.82, 2.24) is 10.3 Å². The maximum atomic E-state index is 11.1. The molecular weight excluding hydrogens is 210 g/mol. The minimum absolute atomic E-state index is 0.170. The molecule has 16 heavy (non-hydrogen) atoms. The Balaban J connectivity index is 2.79. The third-order valence-electron chi connectivity index (χ3n) is 1.99. The van der Waals surface area contributed by atoms with Gasteiger partial charge in [0, 0.05) is 12.4 Å². The second-order valence-corrected chi connectivity index (χ2v) is 3.21. The summed E-state index contributed by atoms with van der Waals surface area (Å²) in [5.74, 6) is -1.39. The molecule has 1 aromatic heterocycles. The van der Waals surface area contributed by atoms with Gasteiger partial charge in [-0.2, -0.15) is 0 Å². The van der Waals surface area contributed by atoms with Gasteiger partial charge in [0.15, 0.2) is 0 Å². The Bertz CT molecular complexity index is 367. The Labute approximate surface area is 92.5 Å². The van der Waals surface area contributed by atoms with Gasteiger partial charge in [-0.05, 0) is 11.6 Å². The van der Waals surface area contributed by atoms with Gasteiger partial charge in [-0.3, -0.25) is 14.6 Å². The first-order valence-electron chi connectivity index (χ1n) is 4.74. The summed E-state index contributed by atoms with van der Waals surface area (Å²) in [6.45, 7) is -0.170.